The van der Waals surface area contributed by atoms with Crippen LogP contribution >= 0.6 is 0 Å². The number of unbranched alkanes of at least 4 members (excludes halogenated alkanes) is 1. The molecule has 15 heavy (non-hydrogen) atoms. The molecule has 0 aromatic rings. The van der Waals surface area contributed by atoms with Gasteiger partial charge in [0, 0.05) is 13.0 Å². The highest BCUT2D eigenvalue weighted by molar-refractivity contribution is 5.80. The van der Waals surface area contributed by atoms with Gasteiger partial charge in [-0.15, -0.1) is 0 Å². The third kappa shape index (κ3) is 9.41. The smallest absolute Gasteiger partial charge is 0.225 e. The van der Waals surface area contributed by atoms with Gasteiger partial charge in [0.25, 0.3) is 0 Å². The van der Waals surface area contributed by atoms with Crippen LogP contribution < -0.4 is 5.32 Å². The summed E-state index contributed by atoms with van der Waals surface area (Å²) in [7, 11) is 0. The van der Waals surface area contributed by atoms with Gasteiger partial charge in [-0.25, -0.2) is 0 Å². The molecular weight excluding hydrogens is 194 g/mol. The van der Waals surface area contributed by atoms with Crippen molar-refractivity contribution in [2.75, 3.05) is 13.2 Å². The van der Waals surface area contributed by atoms with Crippen molar-refractivity contribution >= 4 is 12.2 Å². The maximum atomic E-state index is 10.5. The van der Waals surface area contributed by atoms with Crippen LogP contribution in [0.15, 0.2) is 0 Å². The van der Waals surface area contributed by atoms with E-state index in [0.29, 0.717) is 6.42 Å². The zero-order valence-electron chi connectivity index (χ0n) is 9.95. The van der Waals surface area contributed by atoms with Gasteiger partial charge in [-0.3, -0.25) is 4.79 Å². The Morgan fingerprint density at radius 3 is 2.27 bits per heavy atom. The lowest BCUT2D eigenvalue weighted by Crippen LogP contribution is -2.20. The molecule has 1 heterocycles. The van der Waals surface area contributed by atoms with Gasteiger partial charge in [0.1, 0.15) is 6.29 Å². The highest BCUT2D eigenvalue weighted by Gasteiger charge is 2.22. The Balaban J connectivity index is 0. The number of amides is 1. The number of aliphatic hydroxyl groups excluding tert-OH is 1. The van der Waals surface area contributed by atoms with Gasteiger partial charge in [0.2, 0.25) is 5.91 Å². The molecule has 1 rings (SSSR count). The Bertz CT molecular complexity index is 160. The van der Waals surface area contributed by atoms with Crippen LogP contribution in [-0.2, 0) is 9.59 Å². The van der Waals surface area contributed by atoms with Crippen LogP contribution in [-0.4, -0.2) is 30.5 Å². The third-order valence-corrected chi connectivity index (χ3v) is 1.79. The molecule has 2 N–H and O–H groups in total. The second-order valence-corrected chi connectivity index (χ2v) is 2.91. The van der Waals surface area contributed by atoms with E-state index < -0.39 is 0 Å². The SMILES string of the molecule is CC.CCCC=O.O=C1NCCC1CO. The zero-order valence-corrected chi connectivity index (χ0v) is 9.95. The quantitative estimate of drug-likeness (QED) is 0.696. The highest BCUT2D eigenvalue weighted by Crippen LogP contribution is 2.06. The van der Waals surface area contributed by atoms with E-state index in [0.717, 1.165) is 25.7 Å². The summed E-state index contributed by atoms with van der Waals surface area (Å²) in [6.07, 6.45) is 3.40. The molecule has 1 aliphatic rings. The molecule has 0 spiro atoms. The molecule has 0 aliphatic carbocycles. The lowest BCUT2D eigenvalue weighted by atomic mass is 10.1. The van der Waals surface area contributed by atoms with Gasteiger partial charge in [-0.1, -0.05) is 20.8 Å². The van der Waals surface area contributed by atoms with Gasteiger partial charge in [0.15, 0.2) is 0 Å². The third-order valence-electron chi connectivity index (χ3n) is 1.79. The van der Waals surface area contributed by atoms with E-state index in [-0.39, 0.29) is 18.4 Å². The van der Waals surface area contributed by atoms with Crippen molar-refractivity contribution in [1.29, 1.82) is 0 Å². The first-order valence-corrected chi connectivity index (χ1v) is 5.58. The van der Waals surface area contributed by atoms with Crippen molar-refractivity contribution < 1.29 is 14.7 Å². The first-order valence-electron chi connectivity index (χ1n) is 5.58. The maximum Gasteiger partial charge on any atom is 0.225 e. The normalized spacial score (nSPS) is 17.9. The van der Waals surface area contributed by atoms with Crippen molar-refractivity contribution in [3.8, 4) is 0 Å². The Labute approximate surface area is 92.1 Å². The number of hydrogen-bond acceptors (Lipinski definition) is 3. The first kappa shape index (κ1) is 16.5. The number of carbonyl (C=O) groups is 2. The number of rotatable bonds is 3. The number of aliphatic hydroxyl groups is 1. The van der Waals surface area contributed by atoms with Gasteiger partial charge < -0.3 is 15.2 Å². The molecule has 1 aliphatic heterocycles. The second kappa shape index (κ2) is 13.1. The summed E-state index contributed by atoms with van der Waals surface area (Å²) in [5, 5.41) is 11.1. The topological polar surface area (TPSA) is 66.4 Å². The monoisotopic (exact) mass is 217 g/mol. The van der Waals surface area contributed by atoms with Crippen molar-refractivity contribution in [3.05, 3.63) is 0 Å². The number of aldehydes is 1. The van der Waals surface area contributed by atoms with Gasteiger partial charge in [0.05, 0.1) is 12.5 Å². The van der Waals surface area contributed by atoms with Crippen molar-refractivity contribution in [2.24, 2.45) is 5.92 Å². The standard InChI is InChI=1S/C5H9NO2.C4H8O.C2H6/c7-3-4-1-2-6-5(4)8;1-2-3-4-5;1-2/h4,7H,1-3H2,(H,6,8);4H,2-3H2,1H3;1-2H3. The van der Waals surface area contributed by atoms with E-state index in [1.807, 2.05) is 20.8 Å². The van der Waals surface area contributed by atoms with Crippen LogP contribution in [0.3, 0.4) is 0 Å². The van der Waals surface area contributed by atoms with Crippen LogP contribution in [0.5, 0.6) is 0 Å². The molecule has 0 bridgehead atoms. The maximum absolute atomic E-state index is 10.5. The van der Waals surface area contributed by atoms with Crippen molar-refractivity contribution in [1.82, 2.24) is 5.32 Å². The molecule has 1 saturated heterocycles. The van der Waals surface area contributed by atoms with E-state index in [4.69, 9.17) is 5.11 Å². The average Bonchev–Trinajstić information content (AvgIpc) is 2.69. The Kier molecular flexibility index (Phi) is 14.4. The van der Waals surface area contributed by atoms with Crippen LogP contribution in [0.1, 0.15) is 40.0 Å². The first-order chi connectivity index (χ1) is 7.26. The zero-order chi connectivity index (χ0) is 12.1. The minimum Gasteiger partial charge on any atom is -0.396 e. The van der Waals surface area contributed by atoms with Crippen LogP contribution in [0.2, 0.25) is 0 Å². The largest absolute Gasteiger partial charge is 0.396 e. The molecule has 1 fully saturated rings. The Hall–Kier alpha value is -0.900. The summed E-state index contributed by atoms with van der Waals surface area (Å²) in [6.45, 7) is 6.70. The number of nitrogens with one attached hydrogen (secondary N) is 1. The molecule has 1 unspecified atom stereocenters. The molecular formula is C11H23NO3. The summed E-state index contributed by atoms with van der Waals surface area (Å²) in [5.74, 6) is -0.137. The van der Waals surface area contributed by atoms with Gasteiger partial charge >= 0.3 is 0 Å². The molecule has 1 atom stereocenters. The van der Waals surface area contributed by atoms with Crippen molar-refractivity contribution in [3.63, 3.8) is 0 Å². The lowest BCUT2D eigenvalue weighted by Gasteiger charge is -1.96. The molecule has 0 saturated carbocycles. The summed E-state index contributed by atoms with van der Waals surface area (Å²) in [5.41, 5.74) is 0. The fraction of sp³-hybridized carbons (Fsp3) is 0.818. The number of carbonyl (C=O) groups excluding carboxylic acids is 2. The van der Waals surface area contributed by atoms with E-state index in [1.54, 1.807) is 0 Å². The summed E-state index contributed by atoms with van der Waals surface area (Å²) in [6, 6.07) is 0. The lowest BCUT2D eigenvalue weighted by molar-refractivity contribution is -0.123. The molecule has 0 aromatic carbocycles. The van der Waals surface area contributed by atoms with E-state index >= 15 is 0 Å². The predicted molar refractivity (Wildman–Crippen MR) is 60.5 cm³/mol. The highest BCUT2D eigenvalue weighted by atomic mass is 16.3. The molecule has 0 radical (unpaired) electrons. The van der Waals surface area contributed by atoms with E-state index in [1.165, 1.54) is 0 Å². The minimum absolute atomic E-state index is 0.00694. The van der Waals surface area contributed by atoms with Gasteiger partial charge in [-0.05, 0) is 12.8 Å². The molecule has 4 heteroatoms. The van der Waals surface area contributed by atoms with Crippen LogP contribution in [0.25, 0.3) is 0 Å². The fourth-order valence-corrected chi connectivity index (χ4v) is 0.937. The summed E-state index contributed by atoms with van der Waals surface area (Å²) in [4.78, 5) is 19.9. The Morgan fingerprint density at radius 1 is 1.53 bits per heavy atom. The van der Waals surface area contributed by atoms with E-state index in [2.05, 4.69) is 5.32 Å². The molecule has 0 aromatic heterocycles. The Morgan fingerprint density at radius 2 is 2.13 bits per heavy atom. The molecule has 90 valence electrons. The van der Waals surface area contributed by atoms with Crippen molar-refractivity contribution in [2.45, 2.75) is 40.0 Å². The second-order valence-electron chi connectivity index (χ2n) is 2.91. The average molecular weight is 217 g/mol. The molecule has 4 nitrogen and oxygen atoms in total. The molecule has 1 amide bonds. The van der Waals surface area contributed by atoms with Crippen LogP contribution in [0.4, 0.5) is 0 Å². The number of hydrogen-bond donors (Lipinski definition) is 2. The summed E-state index contributed by atoms with van der Waals surface area (Å²) >= 11 is 0. The predicted octanol–water partition coefficient (Wildman–Crippen LogP) is 1.13. The summed E-state index contributed by atoms with van der Waals surface area (Å²) < 4.78 is 0. The minimum atomic E-state index is -0.130. The van der Waals surface area contributed by atoms with Gasteiger partial charge in [-0.2, -0.15) is 0 Å². The van der Waals surface area contributed by atoms with E-state index in [9.17, 15) is 9.59 Å². The fourth-order valence-electron chi connectivity index (χ4n) is 0.937. The van der Waals surface area contributed by atoms with Crippen LogP contribution in [0, 0.1) is 5.92 Å².